The Labute approximate surface area is 127 Å². The largest absolute Gasteiger partial charge is 0.508 e. The van der Waals surface area contributed by atoms with Crippen molar-refractivity contribution >= 4 is 29.1 Å². The van der Waals surface area contributed by atoms with Gasteiger partial charge in [-0.3, -0.25) is 4.79 Å². The fraction of sp³-hybridized carbons (Fsp3) is 0.500. The molecule has 0 bridgehead atoms. The van der Waals surface area contributed by atoms with E-state index >= 15 is 0 Å². The Kier molecular flexibility index (Phi) is 3.80. The molecule has 108 valence electrons. The van der Waals surface area contributed by atoms with Crippen LogP contribution in [0.5, 0.6) is 5.75 Å². The zero-order chi connectivity index (χ0) is 14.3. The molecule has 0 aliphatic carbocycles. The first kappa shape index (κ1) is 14.0. The number of phenols is 1. The molecule has 2 aliphatic rings. The molecule has 2 aliphatic heterocycles. The third kappa shape index (κ3) is 2.36. The van der Waals surface area contributed by atoms with Gasteiger partial charge in [-0.05, 0) is 25.1 Å². The maximum Gasteiger partial charge on any atom is 0.223 e. The molecule has 2 fully saturated rings. The summed E-state index contributed by atoms with van der Waals surface area (Å²) in [5.41, 5.74) is 0.598. The maximum absolute atomic E-state index is 12.2. The Morgan fingerprint density at radius 3 is 2.85 bits per heavy atom. The minimum atomic E-state index is -0.0886. The number of likely N-dealkylation sites (tertiary alicyclic amines) is 1. The third-order valence-corrected chi connectivity index (χ3v) is 4.97. The number of phenolic OH excluding ortho intramolecular Hbond substituents is 1. The molecule has 20 heavy (non-hydrogen) atoms. The highest BCUT2D eigenvalue weighted by molar-refractivity contribution is 6.42. The molecule has 0 saturated carbocycles. The van der Waals surface area contributed by atoms with Crippen LogP contribution in [0.25, 0.3) is 0 Å². The van der Waals surface area contributed by atoms with Gasteiger partial charge in [0.25, 0.3) is 0 Å². The SMILES string of the molecule is O=C1C[C@H](c2c(O)ccc(Cl)c2Cl)CN1[C@@H]1CCNC1. The summed E-state index contributed by atoms with van der Waals surface area (Å²) in [6, 6.07) is 3.36. The van der Waals surface area contributed by atoms with E-state index in [1.165, 1.54) is 6.07 Å². The van der Waals surface area contributed by atoms with Crippen LogP contribution in [0.2, 0.25) is 10.0 Å². The normalized spacial score (nSPS) is 26.5. The summed E-state index contributed by atoms with van der Waals surface area (Å²) in [4.78, 5) is 14.1. The Morgan fingerprint density at radius 1 is 1.35 bits per heavy atom. The van der Waals surface area contributed by atoms with Crippen molar-refractivity contribution in [1.29, 1.82) is 0 Å². The zero-order valence-electron chi connectivity index (χ0n) is 10.9. The number of aromatic hydroxyl groups is 1. The van der Waals surface area contributed by atoms with Crippen molar-refractivity contribution in [2.75, 3.05) is 19.6 Å². The fourth-order valence-corrected chi connectivity index (χ4v) is 3.61. The highest BCUT2D eigenvalue weighted by Crippen LogP contribution is 2.42. The molecule has 1 aromatic carbocycles. The topological polar surface area (TPSA) is 52.6 Å². The van der Waals surface area contributed by atoms with Crippen LogP contribution in [0, 0.1) is 0 Å². The molecule has 1 aromatic rings. The molecule has 1 amide bonds. The van der Waals surface area contributed by atoms with Crippen molar-refractivity contribution in [3.05, 3.63) is 27.7 Å². The highest BCUT2D eigenvalue weighted by Gasteiger charge is 2.38. The smallest absolute Gasteiger partial charge is 0.223 e. The lowest BCUT2D eigenvalue weighted by Gasteiger charge is -2.24. The summed E-state index contributed by atoms with van der Waals surface area (Å²) in [5.74, 6) is 0.150. The van der Waals surface area contributed by atoms with Crippen LogP contribution >= 0.6 is 23.2 Å². The number of hydrogen-bond acceptors (Lipinski definition) is 3. The Balaban J connectivity index is 1.86. The molecular weight excluding hydrogens is 299 g/mol. The summed E-state index contributed by atoms with van der Waals surface area (Å²) < 4.78 is 0. The average molecular weight is 315 g/mol. The minimum Gasteiger partial charge on any atom is -0.508 e. The van der Waals surface area contributed by atoms with Crippen molar-refractivity contribution in [2.45, 2.75) is 24.8 Å². The van der Waals surface area contributed by atoms with Gasteiger partial charge in [0.15, 0.2) is 0 Å². The number of rotatable bonds is 2. The average Bonchev–Trinajstić information content (AvgIpc) is 3.04. The van der Waals surface area contributed by atoms with E-state index < -0.39 is 0 Å². The zero-order valence-corrected chi connectivity index (χ0v) is 12.4. The van der Waals surface area contributed by atoms with Crippen LogP contribution in [-0.2, 0) is 4.79 Å². The highest BCUT2D eigenvalue weighted by atomic mass is 35.5. The molecule has 6 heteroatoms. The summed E-state index contributed by atoms with van der Waals surface area (Å²) >= 11 is 12.2. The molecule has 0 unspecified atom stereocenters. The second-order valence-electron chi connectivity index (χ2n) is 5.39. The van der Waals surface area contributed by atoms with Crippen molar-refractivity contribution in [1.82, 2.24) is 10.2 Å². The fourth-order valence-electron chi connectivity index (χ4n) is 3.13. The van der Waals surface area contributed by atoms with E-state index in [9.17, 15) is 9.90 Å². The summed E-state index contributed by atoms with van der Waals surface area (Å²) in [5, 5.41) is 14.1. The number of carbonyl (C=O) groups is 1. The van der Waals surface area contributed by atoms with Gasteiger partial charge < -0.3 is 15.3 Å². The first-order valence-corrected chi connectivity index (χ1v) is 7.50. The van der Waals surface area contributed by atoms with E-state index in [-0.39, 0.29) is 23.6 Å². The van der Waals surface area contributed by atoms with Crippen LogP contribution in [0.15, 0.2) is 12.1 Å². The first-order chi connectivity index (χ1) is 9.58. The van der Waals surface area contributed by atoms with Gasteiger partial charge in [-0.25, -0.2) is 0 Å². The van der Waals surface area contributed by atoms with Crippen molar-refractivity contribution in [3.63, 3.8) is 0 Å². The standard InChI is InChI=1S/C14H16Cl2N2O2/c15-10-1-2-11(19)13(14(10)16)8-5-12(20)18(7-8)9-3-4-17-6-9/h1-2,8-9,17,19H,3-7H2/t8-,9+/m0/s1. The van der Waals surface area contributed by atoms with Gasteiger partial charge in [-0.1, -0.05) is 23.2 Å². The Hall–Kier alpha value is -0.970. The molecule has 0 aromatic heterocycles. The molecule has 2 atom stereocenters. The molecule has 2 heterocycles. The second kappa shape index (κ2) is 5.43. The second-order valence-corrected chi connectivity index (χ2v) is 6.17. The van der Waals surface area contributed by atoms with Crippen LogP contribution in [0.1, 0.15) is 24.3 Å². The number of benzene rings is 1. The molecule has 0 radical (unpaired) electrons. The van der Waals surface area contributed by atoms with Crippen LogP contribution < -0.4 is 5.32 Å². The van der Waals surface area contributed by atoms with Gasteiger partial charge >= 0.3 is 0 Å². The van der Waals surface area contributed by atoms with Gasteiger partial charge in [0.05, 0.1) is 10.0 Å². The van der Waals surface area contributed by atoms with E-state index in [0.29, 0.717) is 28.6 Å². The lowest BCUT2D eigenvalue weighted by molar-refractivity contribution is -0.129. The molecule has 2 N–H and O–H groups in total. The van der Waals surface area contributed by atoms with Crippen molar-refractivity contribution in [3.8, 4) is 5.75 Å². The van der Waals surface area contributed by atoms with Crippen molar-refractivity contribution in [2.24, 2.45) is 0 Å². The predicted molar refractivity (Wildman–Crippen MR) is 78.5 cm³/mol. The number of amides is 1. The molecular formula is C14H16Cl2N2O2. The van der Waals surface area contributed by atoms with Gasteiger partial charge in [0.1, 0.15) is 5.75 Å². The van der Waals surface area contributed by atoms with E-state index in [1.807, 2.05) is 4.90 Å². The number of carbonyl (C=O) groups excluding carboxylic acids is 1. The third-order valence-electron chi connectivity index (χ3n) is 4.15. The van der Waals surface area contributed by atoms with Crippen LogP contribution in [0.3, 0.4) is 0 Å². The Bertz CT molecular complexity index is 544. The molecule has 3 rings (SSSR count). The summed E-state index contributed by atoms with van der Waals surface area (Å²) in [6.07, 6.45) is 1.36. The molecule has 4 nitrogen and oxygen atoms in total. The number of nitrogens with zero attached hydrogens (tertiary/aromatic N) is 1. The van der Waals surface area contributed by atoms with Gasteiger partial charge in [0, 0.05) is 37.0 Å². The van der Waals surface area contributed by atoms with E-state index in [4.69, 9.17) is 23.2 Å². The lowest BCUT2D eigenvalue weighted by atomic mass is 9.97. The van der Waals surface area contributed by atoms with Gasteiger partial charge in [-0.15, -0.1) is 0 Å². The van der Waals surface area contributed by atoms with Gasteiger partial charge in [0.2, 0.25) is 5.91 Å². The monoisotopic (exact) mass is 314 g/mol. The lowest BCUT2D eigenvalue weighted by Crippen LogP contribution is -2.37. The van der Waals surface area contributed by atoms with E-state index in [1.54, 1.807) is 6.07 Å². The number of nitrogens with one attached hydrogen (secondary N) is 1. The van der Waals surface area contributed by atoms with Crippen molar-refractivity contribution < 1.29 is 9.90 Å². The number of halogens is 2. The molecule has 2 saturated heterocycles. The molecule has 0 spiro atoms. The summed E-state index contributed by atoms with van der Waals surface area (Å²) in [6.45, 7) is 2.38. The first-order valence-electron chi connectivity index (χ1n) is 6.75. The quantitative estimate of drug-likeness (QED) is 0.881. The number of hydrogen-bond donors (Lipinski definition) is 2. The van der Waals surface area contributed by atoms with Crippen LogP contribution in [-0.4, -0.2) is 41.6 Å². The van der Waals surface area contributed by atoms with E-state index in [0.717, 1.165) is 19.5 Å². The Morgan fingerprint density at radius 2 is 2.15 bits per heavy atom. The van der Waals surface area contributed by atoms with Crippen LogP contribution in [0.4, 0.5) is 0 Å². The predicted octanol–water partition coefficient (Wildman–Crippen LogP) is 2.38. The maximum atomic E-state index is 12.2. The van der Waals surface area contributed by atoms with Gasteiger partial charge in [-0.2, -0.15) is 0 Å². The van der Waals surface area contributed by atoms with E-state index in [2.05, 4.69) is 5.32 Å². The minimum absolute atomic E-state index is 0.0886. The summed E-state index contributed by atoms with van der Waals surface area (Å²) in [7, 11) is 0.